The van der Waals surface area contributed by atoms with Gasteiger partial charge in [0.2, 0.25) is 11.8 Å². The lowest BCUT2D eigenvalue weighted by molar-refractivity contribution is -0.135. The van der Waals surface area contributed by atoms with Crippen LogP contribution in [0.1, 0.15) is 66.1 Å². The van der Waals surface area contributed by atoms with Gasteiger partial charge in [0.15, 0.2) is 11.5 Å². The first-order chi connectivity index (χ1) is 26.2. The maximum Gasteiger partial charge on any atom is 0.260 e. The number of aliphatic imine (C=N–C) groups is 1. The zero-order valence-electron chi connectivity index (χ0n) is 30.7. The third kappa shape index (κ3) is 7.00. The summed E-state index contributed by atoms with van der Waals surface area (Å²) < 4.78 is 9.12. The zero-order valence-corrected chi connectivity index (χ0v) is 30.7. The van der Waals surface area contributed by atoms with Crippen LogP contribution in [0.25, 0.3) is 16.6 Å². The molecule has 0 radical (unpaired) electrons. The Morgan fingerprint density at radius 2 is 1.89 bits per heavy atom. The number of ether oxygens (including phenoxy) is 1. The molecule has 2 aliphatic heterocycles. The first kappa shape index (κ1) is 35.3. The number of imide groups is 1. The number of methoxy groups -OCH3 is 1. The number of imidazole rings is 1. The molecular formula is C40H46N10O4. The Bertz CT molecular complexity index is 2240. The third-order valence-corrected chi connectivity index (χ3v) is 11.2. The number of piperazine rings is 1. The van der Waals surface area contributed by atoms with Gasteiger partial charge in [-0.15, -0.1) is 0 Å². The average Bonchev–Trinajstić information content (AvgIpc) is 3.75. The first-order valence-electron chi connectivity index (χ1n) is 18.8. The molecule has 2 saturated heterocycles. The van der Waals surface area contributed by atoms with Crippen molar-refractivity contribution in [1.29, 1.82) is 0 Å². The first-order valence-corrected chi connectivity index (χ1v) is 18.8. The van der Waals surface area contributed by atoms with Gasteiger partial charge < -0.3 is 25.3 Å². The molecule has 0 bridgehead atoms. The summed E-state index contributed by atoms with van der Waals surface area (Å²) in [6, 6.07) is 13.2. The van der Waals surface area contributed by atoms with Crippen molar-refractivity contribution < 1.29 is 19.1 Å². The second-order valence-corrected chi connectivity index (χ2v) is 14.7. The standard InChI is InChI=1S/C40H46N10O4/c1-25-23-49(33-12-13-37(51)46-40(33)53)32-6-3-5-31(38(25)32)48-17-15-47(16-18-48)24-26-8-10-28(11-9-26)42-21-27-19-29(34(54-2)20-30(27)41)39(52)45-36-22-43-35-7-4-14-44-50(35)36/h3-7,14,19-23,26,28,33H,8-13,15-18,24,41H2,1-2H3,(H,45,52)(H,46,51,53). The van der Waals surface area contributed by atoms with E-state index in [2.05, 4.69) is 66.4 Å². The zero-order chi connectivity index (χ0) is 37.3. The van der Waals surface area contributed by atoms with E-state index in [0.717, 1.165) is 69.5 Å². The number of aryl methyl sites for hydroxylation is 1. The Labute approximate surface area is 313 Å². The molecule has 8 rings (SSSR count). The van der Waals surface area contributed by atoms with E-state index in [0.29, 0.717) is 52.8 Å². The summed E-state index contributed by atoms with van der Waals surface area (Å²) in [5.74, 6) is 0.687. The van der Waals surface area contributed by atoms with Crippen molar-refractivity contribution in [3.63, 3.8) is 0 Å². The summed E-state index contributed by atoms with van der Waals surface area (Å²) in [6.07, 6.45) is 12.2. The normalized spacial score (nSPS) is 21.2. The summed E-state index contributed by atoms with van der Waals surface area (Å²) >= 11 is 0. The Morgan fingerprint density at radius 3 is 2.67 bits per heavy atom. The molecule has 3 amide bonds. The molecule has 5 heterocycles. The fraction of sp³-hybridized carbons (Fsp3) is 0.400. The number of nitrogens with one attached hydrogen (secondary N) is 2. The van der Waals surface area contributed by atoms with Gasteiger partial charge in [-0.2, -0.15) is 9.61 Å². The van der Waals surface area contributed by atoms with Crippen LogP contribution in [0.2, 0.25) is 0 Å². The van der Waals surface area contributed by atoms with Gasteiger partial charge in [-0.1, -0.05) is 6.07 Å². The Morgan fingerprint density at radius 1 is 1.07 bits per heavy atom. The number of aromatic nitrogens is 4. The second kappa shape index (κ2) is 14.9. The van der Waals surface area contributed by atoms with Gasteiger partial charge >= 0.3 is 0 Å². The van der Waals surface area contributed by atoms with Crippen molar-refractivity contribution in [3.8, 4) is 5.75 Å². The van der Waals surface area contributed by atoms with Gasteiger partial charge in [0.05, 0.1) is 24.4 Å². The summed E-state index contributed by atoms with van der Waals surface area (Å²) in [6.45, 7) is 7.09. The number of amides is 3. The van der Waals surface area contributed by atoms with Crippen LogP contribution in [0, 0.1) is 12.8 Å². The lowest BCUT2D eigenvalue weighted by Gasteiger charge is -2.39. The van der Waals surface area contributed by atoms with Crippen molar-refractivity contribution in [2.24, 2.45) is 10.9 Å². The highest BCUT2D eigenvalue weighted by Gasteiger charge is 2.31. The van der Waals surface area contributed by atoms with Gasteiger partial charge in [0.1, 0.15) is 11.8 Å². The van der Waals surface area contributed by atoms with E-state index >= 15 is 0 Å². The van der Waals surface area contributed by atoms with E-state index in [1.807, 2.05) is 6.07 Å². The number of carbonyl (C=O) groups excluding carboxylic acids is 3. The molecule has 1 atom stereocenters. The second-order valence-electron chi connectivity index (χ2n) is 14.7. The van der Waals surface area contributed by atoms with Crippen LogP contribution in [0.4, 0.5) is 17.2 Å². The smallest absolute Gasteiger partial charge is 0.260 e. The van der Waals surface area contributed by atoms with E-state index in [1.54, 1.807) is 41.3 Å². The molecule has 2 aromatic carbocycles. The Hall–Kier alpha value is -5.76. The van der Waals surface area contributed by atoms with Crippen molar-refractivity contribution in [2.45, 2.75) is 57.5 Å². The van der Waals surface area contributed by atoms with Gasteiger partial charge in [-0.25, -0.2) is 4.98 Å². The van der Waals surface area contributed by atoms with E-state index in [-0.39, 0.29) is 29.8 Å². The lowest BCUT2D eigenvalue weighted by Crippen LogP contribution is -2.48. The number of hydrogen-bond acceptors (Lipinski definition) is 10. The van der Waals surface area contributed by atoms with Crippen molar-refractivity contribution in [2.75, 3.05) is 55.8 Å². The predicted octanol–water partition coefficient (Wildman–Crippen LogP) is 4.61. The number of fused-ring (bicyclic) bond motifs is 2. The molecule has 4 N–H and O–H groups in total. The quantitative estimate of drug-likeness (QED) is 0.112. The van der Waals surface area contributed by atoms with Crippen LogP contribution in [-0.2, 0) is 9.59 Å². The number of piperidine rings is 1. The monoisotopic (exact) mass is 730 g/mol. The molecule has 0 spiro atoms. The van der Waals surface area contributed by atoms with Crippen molar-refractivity contribution in [3.05, 3.63) is 77.7 Å². The minimum absolute atomic E-state index is 0.197. The van der Waals surface area contributed by atoms with Crippen molar-refractivity contribution >= 4 is 57.7 Å². The predicted molar refractivity (Wildman–Crippen MR) is 208 cm³/mol. The highest BCUT2D eigenvalue weighted by atomic mass is 16.5. The molecule has 3 aliphatic rings. The number of nitrogens with zero attached hydrogens (tertiary/aromatic N) is 7. The molecule has 1 saturated carbocycles. The minimum Gasteiger partial charge on any atom is -0.496 e. The maximum atomic E-state index is 13.4. The molecule has 280 valence electrons. The van der Waals surface area contributed by atoms with Crippen LogP contribution in [0.15, 0.2) is 66.0 Å². The Balaban J connectivity index is 0.851. The van der Waals surface area contributed by atoms with E-state index < -0.39 is 0 Å². The summed E-state index contributed by atoms with van der Waals surface area (Å²) in [4.78, 5) is 52.1. The maximum absolute atomic E-state index is 13.4. The highest BCUT2D eigenvalue weighted by Crippen LogP contribution is 2.36. The lowest BCUT2D eigenvalue weighted by atomic mass is 9.86. The van der Waals surface area contributed by atoms with Gasteiger partial charge in [0.25, 0.3) is 5.91 Å². The summed E-state index contributed by atoms with van der Waals surface area (Å²) in [7, 11) is 1.51. The number of benzene rings is 2. The molecule has 14 heteroatoms. The molecule has 3 fully saturated rings. The third-order valence-electron chi connectivity index (χ3n) is 11.2. The fourth-order valence-corrected chi connectivity index (χ4v) is 8.33. The number of nitrogens with two attached hydrogens (primary N) is 1. The fourth-order valence-electron chi connectivity index (χ4n) is 8.33. The SMILES string of the molecule is COc1cc(N)c(C=NC2CCC(CN3CCN(c4cccc5c4c(C)cn5C4CCC(=O)NC4=O)CC3)CC2)cc1C(=O)Nc1cnc2cccnn12. The summed E-state index contributed by atoms with van der Waals surface area (Å²) in [5.41, 5.74) is 11.9. The molecule has 3 aromatic heterocycles. The number of anilines is 3. The number of rotatable bonds is 9. The van der Waals surface area contributed by atoms with Gasteiger partial charge in [-0.3, -0.25) is 29.6 Å². The topological polar surface area (TPSA) is 164 Å². The average molecular weight is 731 g/mol. The molecule has 5 aromatic rings. The number of carbonyl (C=O) groups is 3. The van der Waals surface area contributed by atoms with E-state index in [9.17, 15) is 14.4 Å². The Kier molecular flexibility index (Phi) is 9.76. The summed E-state index contributed by atoms with van der Waals surface area (Å²) in [5, 5.41) is 10.8. The molecule has 1 aliphatic carbocycles. The molecule has 14 nitrogen and oxygen atoms in total. The van der Waals surface area contributed by atoms with Crippen molar-refractivity contribution in [1.82, 2.24) is 29.4 Å². The number of hydrogen-bond donors (Lipinski definition) is 3. The van der Waals surface area contributed by atoms with Gasteiger partial charge in [-0.05, 0) is 80.8 Å². The van der Waals surface area contributed by atoms with Crippen LogP contribution < -0.4 is 26.0 Å². The highest BCUT2D eigenvalue weighted by molar-refractivity contribution is 6.08. The molecular weight excluding hydrogens is 685 g/mol. The minimum atomic E-state index is -0.369. The number of nitrogen functional groups attached to an aromatic ring is 1. The van der Waals surface area contributed by atoms with Crippen LogP contribution in [0.3, 0.4) is 0 Å². The van der Waals surface area contributed by atoms with Crippen LogP contribution in [0.5, 0.6) is 5.75 Å². The van der Waals surface area contributed by atoms with E-state index in [4.69, 9.17) is 15.5 Å². The molecule has 1 unspecified atom stereocenters. The van der Waals surface area contributed by atoms with Crippen LogP contribution in [-0.4, -0.2) is 93.9 Å². The van der Waals surface area contributed by atoms with Gasteiger partial charge in [0, 0.05) is 92.2 Å². The van der Waals surface area contributed by atoms with E-state index in [1.165, 1.54) is 18.2 Å². The largest absolute Gasteiger partial charge is 0.496 e. The molecule has 54 heavy (non-hydrogen) atoms. The van der Waals surface area contributed by atoms with Crippen LogP contribution >= 0.6 is 0 Å².